The van der Waals surface area contributed by atoms with E-state index in [0.717, 1.165) is 44.4 Å². The predicted octanol–water partition coefficient (Wildman–Crippen LogP) is 2.85. The maximum atomic E-state index is 5.85. The predicted molar refractivity (Wildman–Crippen MR) is 112 cm³/mol. The Balaban J connectivity index is 0.00000288. The standard InChI is InChI=1S/C18H36N4O.HI/c1-15-8-6-10-18(12-15,22(4)5)14-21-16(19-3)20-13-17(2)9-7-11-23-17;/h15H,6-14H2,1-5H3,(H2,19,20,21);1H. The summed E-state index contributed by atoms with van der Waals surface area (Å²) in [5.41, 5.74) is 0.194. The van der Waals surface area contributed by atoms with Crippen molar-refractivity contribution >= 4 is 29.9 Å². The SMILES string of the molecule is CN=C(NCC1(C)CCCO1)NCC1(N(C)C)CCCC(C)C1.I. The Morgan fingerprint density at radius 2 is 1.92 bits per heavy atom. The molecule has 0 bridgehead atoms. The van der Waals surface area contributed by atoms with Crippen LogP contribution < -0.4 is 10.6 Å². The van der Waals surface area contributed by atoms with Crippen molar-refractivity contribution in [2.45, 2.75) is 63.5 Å². The van der Waals surface area contributed by atoms with E-state index < -0.39 is 0 Å². The number of nitrogens with zero attached hydrogens (tertiary/aromatic N) is 2. The molecular weight excluding hydrogens is 415 g/mol. The molecule has 0 radical (unpaired) electrons. The van der Waals surface area contributed by atoms with Gasteiger partial charge in [0.15, 0.2) is 5.96 Å². The third kappa shape index (κ3) is 5.73. The fraction of sp³-hybridized carbons (Fsp3) is 0.944. The quantitative estimate of drug-likeness (QED) is 0.383. The average Bonchev–Trinajstić information content (AvgIpc) is 2.94. The molecule has 1 aliphatic heterocycles. The Bertz CT molecular complexity index is 410. The maximum Gasteiger partial charge on any atom is 0.191 e. The summed E-state index contributed by atoms with van der Waals surface area (Å²) in [6.45, 7) is 7.21. The Morgan fingerprint density at radius 1 is 1.21 bits per heavy atom. The summed E-state index contributed by atoms with van der Waals surface area (Å²) in [5, 5.41) is 7.02. The minimum Gasteiger partial charge on any atom is -0.373 e. The van der Waals surface area contributed by atoms with Gasteiger partial charge in [0.05, 0.1) is 5.60 Å². The van der Waals surface area contributed by atoms with E-state index >= 15 is 0 Å². The van der Waals surface area contributed by atoms with Crippen molar-refractivity contribution in [3.63, 3.8) is 0 Å². The summed E-state index contributed by atoms with van der Waals surface area (Å²) in [7, 11) is 6.27. The molecule has 5 nitrogen and oxygen atoms in total. The summed E-state index contributed by atoms with van der Waals surface area (Å²) in [5.74, 6) is 1.69. The highest BCUT2D eigenvalue weighted by molar-refractivity contribution is 14.0. The molecule has 1 aliphatic carbocycles. The largest absolute Gasteiger partial charge is 0.373 e. The normalized spacial score (nSPS) is 34.1. The lowest BCUT2D eigenvalue weighted by Gasteiger charge is -2.45. The third-order valence-electron chi connectivity index (χ3n) is 5.75. The summed E-state index contributed by atoms with van der Waals surface area (Å²) in [4.78, 5) is 6.80. The van der Waals surface area contributed by atoms with Gasteiger partial charge in [-0.2, -0.15) is 0 Å². The van der Waals surface area contributed by atoms with Gasteiger partial charge < -0.3 is 20.3 Å². The molecule has 2 rings (SSSR count). The fourth-order valence-electron chi connectivity index (χ4n) is 4.07. The number of guanidine groups is 1. The second-order valence-corrected chi connectivity index (χ2v) is 8.00. The molecule has 2 N–H and O–H groups in total. The van der Waals surface area contributed by atoms with E-state index in [1.165, 1.54) is 25.7 Å². The van der Waals surface area contributed by atoms with E-state index in [1.807, 2.05) is 7.05 Å². The second-order valence-electron chi connectivity index (χ2n) is 8.00. The maximum absolute atomic E-state index is 5.85. The Labute approximate surface area is 165 Å². The van der Waals surface area contributed by atoms with Gasteiger partial charge in [-0.1, -0.05) is 19.8 Å². The van der Waals surface area contributed by atoms with Gasteiger partial charge in [0.25, 0.3) is 0 Å². The number of nitrogens with one attached hydrogen (secondary N) is 2. The van der Waals surface area contributed by atoms with Crippen LogP contribution >= 0.6 is 24.0 Å². The first kappa shape index (κ1) is 22.0. The minimum atomic E-state index is -0.0454. The van der Waals surface area contributed by atoms with Crippen LogP contribution in [0.25, 0.3) is 0 Å². The molecule has 0 aromatic carbocycles. The average molecular weight is 452 g/mol. The van der Waals surface area contributed by atoms with Crippen molar-refractivity contribution in [1.82, 2.24) is 15.5 Å². The number of aliphatic imine (C=N–C) groups is 1. The zero-order valence-corrected chi connectivity index (χ0v) is 18.5. The highest BCUT2D eigenvalue weighted by Crippen LogP contribution is 2.35. The molecule has 3 unspecified atom stereocenters. The number of hydrogen-bond acceptors (Lipinski definition) is 3. The first-order valence-corrected chi connectivity index (χ1v) is 9.15. The molecule has 1 saturated carbocycles. The molecule has 3 atom stereocenters. The van der Waals surface area contributed by atoms with Crippen molar-refractivity contribution in [3.8, 4) is 0 Å². The van der Waals surface area contributed by atoms with E-state index in [4.69, 9.17) is 4.74 Å². The molecule has 1 saturated heterocycles. The summed E-state index contributed by atoms with van der Waals surface area (Å²) in [6, 6.07) is 0. The van der Waals surface area contributed by atoms with Crippen molar-refractivity contribution in [2.75, 3.05) is 40.8 Å². The van der Waals surface area contributed by atoms with Gasteiger partial charge in [-0.25, -0.2) is 0 Å². The number of hydrogen-bond donors (Lipinski definition) is 2. The highest BCUT2D eigenvalue weighted by Gasteiger charge is 2.37. The molecular formula is C18H37IN4O. The lowest BCUT2D eigenvalue weighted by Crippen LogP contribution is -2.57. The van der Waals surface area contributed by atoms with Crippen LogP contribution in [0, 0.1) is 5.92 Å². The van der Waals surface area contributed by atoms with Crippen molar-refractivity contribution in [2.24, 2.45) is 10.9 Å². The van der Waals surface area contributed by atoms with Crippen LogP contribution in [0.2, 0.25) is 0 Å². The number of likely N-dealkylation sites (N-methyl/N-ethyl adjacent to an activating group) is 1. The molecule has 0 aromatic rings. The van der Waals surface area contributed by atoms with E-state index in [1.54, 1.807) is 0 Å². The zero-order valence-electron chi connectivity index (χ0n) is 16.2. The van der Waals surface area contributed by atoms with Crippen molar-refractivity contribution in [3.05, 3.63) is 0 Å². The van der Waals surface area contributed by atoms with Crippen LogP contribution in [0.1, 0.15) is 52.4 Å². The van der Waals surface area contributed by atoms with Crippen LogP contribution in [-0.2, 0) is 4.74 Å². The van der Waals surface area contributed by atoms with E-state index in [2.05, 4.69) is 48.5 Å². The first-order valence-electron chi connectivity index (χ1n) is 9.15. The number of halogens is 1. The third-order valence-corrected chi connectivity index (χ3v) is 5.75. The Morgan fingerprint density at radius 3 is 2.46 bits per heavy atom. The van der Waals surface area contributed by atoms with Gasteiger partial charge in [-0.05, 0) is 52.6 Å². The molecule has 1 heterocycles. The number of rotatable bonds is 5. The van der Waals surface area contributed by atoms with Crippen LogP contribution in [0.5, 0.6) is 0 Å². The van der Waals surface area contributed by atoms with Crippen LogP contribution in [0.4, 0.5) is 0 Å². The summed E-state index contributed by atoms with van der Waals surface area (Å²) in [6.07, 6.45) is 7.47. The Kier molecular flexibility index (Phi) is 8.76. The van der Waals surface area contributed by atoms with Crippen LogP contribution in [0.3, 0.4) is 0 Å². The molecule has 0 spiro atoms. The van der Waals surface area contributed by atoms with Gasteiger partial charge in [0.2, 0.25) is 0 Å². The zero-order chi connectivity index (χ0) is 16.9. The lowest BCUT2D eigenvalue weighted by molar-refractivity contribution is 0.0241. The lowest BCUT2D eigenvalue weighted by atomic mass is 9.75. The van der Waals surface area contributed by atoms with Crippen molar-refractivity contribution < 1.29 is 4.74 Å². The summed E-state index contributed by atoms with van der Waals surface area (Å²) >= 11 is 0. The molecule has 142 valence electrons. The Hall–Kier alpha value is -0.0800. The molecule has 0 amide bonds. The molecule has 2 fully saturated rings. The second kappa shape index (κ2) is 9.57. The van der Waals surface area contributed by atoms with Crippen molar-refractivity contribution in [1.29, 1.82) is 0 Å². The minimum absolute atomic E-state index is 0. The van der Waals surface area contributed by atoms with Crippen LogP contribution in [-0.4, -0.2) is 62.8 Å². The van der Waals surface area contributed by atoms with E-state index in [-0.39, 0.29) is 35.1 Å². The van der Waals surface area contributed by atoms with Crippen LogP contribution in [0.15, 0.2) is 4.99 Å². The van der Waals surface area contributed by atoms with Gasteiger partial charge >= 0.3 is 0 Å². The van der Waals surface area contributed by atoms with Gasteiger partial charge in [-0.15, -0.1) is 24.0 Å². The summed E-state index contributed by atoms with van der Waals surface area (Å²) < 4.78 is 5.85. The molecule has 0 aromatic heterocycles. The molecule has 24 heavy (non-hydrogen) atoms. The van der Waals surface area contributed by atoms with Gasteiger partial charge in [-0.3, -0.25) is 4.99 Å². The monoisotopic (exact) mass is 452 g/mol. The topological polar surface area (TPSA) is 48.9 Å². The highest BCUT2D eigenvalue weighted by atomic mass is 127. The van der Waals surface area contributed by atoms with Gasteiger partial charge in [0.1, 0.15) is 0 Å². The van der Waals surface area contributed by atoms with E-state index in [0.29, 0.717) is 0 Å². The molecule has 2 aliphatic rings. The fourth-order valence-corrected chi connectivity index (χ4v) is 4.07. The first-order chi connectivity index (χ1) is 10.9. The molecule has 6 heteroatoms. The number of ether oxygens (including phenoxy) is 1. The van der Waals surface area contributed by atoms with Gasteiger partial charge in [0, 0.05) is 32.3 Å². The smallest absolute Gasteiger partial charge is 0.191 e. The van der Waals surface area contributed by atoms with E-state index in [9.17, 15) is 0 Å².